The molecule has 1 fully saturated rings. The number of fused-ring (bicyclic) bond motifs is 3. The summed E-state index contributed by atoms with van der Waals surface area (Å²) in [6.07, 6.45) is 1.58. The average Bonchev–Trinajstić information content (AvgIpc) is 2.99. The van der Waals surface area contributed by atoms with E-state index in [1.807, 2.05) is 6.92 Å². The van der Waals surface area contributed by atoms with Crippen LogP contribution in [0.5, 0.6) is 5.88 Å². The standard InChI is InChI=1S/C18H24ClFN6O3/c1-10-15-17(25-26(10)14-4-5-28-9-13(14)20)29-6-3-11(8-27-2)22-16-12(19)7-21-18(23-15)24-16/h7,11,13-14H,3-6,8-9H2,1-2H3,(H2,21,22,23,24). The highest BCUT2D eigenvalue weighted by Crippen LogP contribution is 2.35. The summed E-state index contributed by atoms with van der Waals surface area (Å²) in [6, 6.07) is -0.463. The molecule has 4 heterocycles. The molecule has 3 unspecified atom stereocenters. The zero-order valence-electron chi connectivity index (χ0n) is 16.3. The highest BCUT2D eigenvalue weighted by Gasteiger charge is 2.31. The smallest absolute Gasteiger partial charge is 0.257 e. The Morgan fingerprint density at radius 1 is 1.38 bits per heavy atom. The molecule has 0 aromatic carbocycles. The molecule has 2 aromatic heterocycles. The molecule has 11 heteroatoms. The lowest BCUT2D eigenvalue weighted by molar-refractivity contribution is -0.001000. The molecule has 158 valence electrons. The third kappa shape index (κ3) is 4.24. The fourth-order valence-electron chi connectivity index (χ4n) is 3.56. The van der Waals surface area contributed by atoms with Crippen molar-refractivity contribution in [1.82, 2.24) is 19.7 Å². The van der Waals surface area contributed by atoms with Crippen LogP contribution >= 0.6 is 11.6 Å². The van der Waals surface area contributed by atoms with Gasteiger partial charge in [0.25, 0.3) is 5.88 Å². The number of alkyl halides is 1. The number of nitrogens with zero attached hydrogens (tertiary/aromatic N) is 4. The van der Waals surface area contributed by atoms with Crippen LogP contribution in [0.2, 0.25) is 5.02 Å². The molecule has 0 amide bonds. The lowest BCUT2D eigenvalue weighted by Crippen LogP contribution is -2.32. The molecule has 0 saturated carbocycles. The number of hydrogen-bond donors (Lipinski definition) is 2. The third-order valence-corrected chi connectivity index (χ3v) is 5.36. The minimum Gasteiger partial charge on any atom is -0.475 e. The van der Waals surface area contributed by atoms with Crippen LogP contribution < -0.4 is 15.4 Å². The SMILES string of the molecule is COCC1CCOc2nn(C3CCOCC3F)c(C)c2Nc2ncc(Cl)c(n2)N1. The molecule has 0 radical (unpaired) electrons. The molecule has 9 nitrogen and oxygen atoms in total. The summed E-state index contributed by atoms with van der Waals surface area (Å²) in [5, 5.41) is 11.4. The van der Waals surface area contributed by atoms with Gasteiger partial charge in [0.05, 0.1) is 43.8 Å². The van der Waals surface area contributed by atoms with E-state index in [-0.39, 0.29) is 12.6 Å². The minimum absolute atomic E-state index is 0.0595. The molecule has 2 N–H and O–H groups in total. The monoisotopic (exact) mass is 426 g/mol. The third-order valence-electron chi connectivity index (χ3n) is 5.08. The fourth-order valence-corrected chi connectivity index (χ4v) is 3.70. The molecule has 3 atom stereocenters. The maximum absolute atomic E-state index is 14.5. The second-order valence-corrected chi connectivity index (χ2v) is 7.51. The van der Waals surface area contributed by atoms with Crippen LogP contribution in [-0.4, -0.2) is 65.5 Å². The Morgan fingerprint density at radius 3 is 3.03 bits per heavy atom. The van der Waals surface area contributed by atoms with Gasteiger partial charge in [-0.25, -0.2) is 9.37 Å². The van der Waals surface area contributed by atoms with Gasteiger partial charge in [-0.15, -0.1) is 5.10 Å². The summed E-state index contributed by atoms with van der Waals surface area (Å²) in [5.41, 5.74) is 1.36. The summed E-state index contributed by atoms with van der Waals surface area (Å²) in [4.78, 5) is 8.73. The Hall–Kier alpha value is -2.17. The predicted octanol–water partition coefficient (Wildman–Crippen LogP) is 2.89. The lowest BCUT2D eigenvalue weighted by atomic mass is 10.1. The molecule has 0 spiro atoms. The van der Waals surface area contributed by atoms with E-state index in [0.29, 0.717) is 61.0 Å². The molecule has 2 aliphatic heterocycles. The van der Waals surface area contributed by atoms with Crippen LogP contribution in [0.1, 0.15) is 24.6 Å². The number of rotatable bonds is 3. The molecular formula is C18H24ClFN6O3. The van der Waals surface area contributed by atoms with Crippen LogP contribution in [0.25, 0.3) is 0 Å². The number of hydrogen-bond acceptors (Lipinski definition) is 8. The van der Waals surface area contributed by atoms with Gasteiger partial charge in [-0.2, -0.15) is 4.98 Å². The normalized spacial score (nSPS) is 24.5. The van der Waals surface area contributed by atoms with Crippen LogP contribution in [0.3, 0.4) is 0 Å². The number of halogens is 2. The molecule has 2 bridgehead atoms. The molecule has 2 aromatic rings. The lowest BCUT2D eigenvalue weighted by Gasteiger charge is -2.27. The Balaban J connectivity index is 1.71. The minimum atomic E-state index is -1.13. The topological polar surface area (TPSA) is 95.4 Å². The Labute approximate surface area is 172 Å². The molecular weight excluding hydrogens is 403 g/mol. The van der Waals surface area contributed by atoms with E-state index >= 15 is 0 Å². The van der Waals surface area contributed by atoms with Crippen LogP contribution in [0.4, 0.5) is 21.8 Å². The first-order valence-corrected chi connectivity index (χ1v) is 9.93. The molecule has 2 aliphatic rings. The van der Waals surface area contributed by atoms with Gasteiger partial charge in [-0.3, -0.25) is 4.68 Å². The van der Waals surface area contributed by atoms with Gasteiger partial charge in [0, 0.05) is 20.1 Å². The number of ether oxygens (including phenoxy) is 3. The van der Waals surface area contributed by atoms with Crippen molar-refractivity contribution < 1.29 is 18.6 Å². The first-order valence-electron chi connectivity index (χ1n) is 9.55. The van der Waals surface area contributed by atoms with Crippen molar-refractivity contribution in [3.63, 3.8) is 0 Å². The van der Waals surface area contributed by atoms with E-state index in [0.717, 1.165) is 5.69 Å². The quantitative estimate of drug-likeness (QED) is 0.773. The van der Waals surface area contributed by atoms with Crippen molar-refractivity contribution in [2.45, 2.75) is 38.0 Å². The van der Waals surface area contributed by atoms with Gasteiger partial charge >= 0.3 is 0 Å². The summed E-state index contributed by atoms with van der Waals surface area (Å²) in [6.45, 7) is 3.28. The van der Waals surface area contributed by atoms with Crippen LogP contribution in [0.15, 0.2) is 6.20 Å². The van der Waals surface area contributed by atoms with Gasteiger partial charge in [0.1, 0.15) is 16.9 Å². The fraction of sp³-hybridized carbons (Fsp3) is 0.611. The molecule has 0 aliphatic carbocycles. The maximum atomic E-state index is 14.5. The van der Waals surface area contributed by atoms with E-state index in [1.165, 1.54) is 6.20 Å². The largest absolute Gasteiger partial charge is 0.475 e. The number of methoxy groups -OCH3 is 1. The van der Waals surface area contributed by atoms with E-state index in [1.54, 1.807) is 11.8 Å². The first-order chi connectivity index (χ1) is 14.1. The highest BCUT2D eigenvalue weighted by molar-refractivity contribution is 6.32. The summed E-state index contributed by atoms with van der Waals surface area (Å²) in [7, 11) is 1.63. The van der Waals surface area contributed by atoms with E-state index < -0.39 is 12.2 Å². The van der Waals surface area contributed by atoms with Gasteiger partial charge in [-0.1, -0.05) is 11.6 Å². The van der Waals surface area contributed by atoms with E-state index in [4.69, 9.17) is 25.8 Å². The number of aromatic nitrogens is 4. The molecule has 4 rings (SSSR count). The average molecular weight is 427 g/mol. The van der Waals surface area contributed by atoms with Crippen molar-refractivity contribution in [3.8, 4) is 5.88 Å². The second kappa shape index (κ2) is 8.68. The zero-order chi connectivity index (χ0) is 20.4. The first kappa shape index (κ1) is 20.1. The summed E-state index contributed by atoms with van der Waals surface area (Å²) >= 11 is 6.25. The van der Waals surface area contributed by atoms with Gasteiger partial charge in [-0.05, 0) is 13.3 Å². The Bertz CT molecular complexity index is 866. The van der Waals surface area contributed by atoms with Crippen LogP contribution in [-0.2, 0) is 9.47 Å². The zero-order valence-corrected chi connectivity index (χ0v) is 17.1. The maximum Gasteiger partial charge on any atom is 0.257 e. The van der Waals surface area contributed by atoms with E-state index in [9.17, 15) is 4.39 Å². The number of nitrogens with one attached hydrogen (secondary N) is 2. The highest BCUT2D eigenvalue weighted by atomic mass is 35.5. The van der Waals surface area contributed by atoms with Gasteiger partial charge in [0.15, 0.2) is 5.82 Å². The van der Waals surface area contributed by atoms with Crippen molar-refractivity contribution in [1.29, 1.82) is 0 Å². The van der Waals surface area contributed by atoms with Crippen LogP contribution in [0, 0.1) is 6.92 Å². The number of anilines is 3. The second-order valence-electron chi connectivity index (χ2n) is 7.11. The summed E-state index contributed by atoms with van der Waals surface area (Å²) in [5.74, 6) is 1.23. The van der Waals surface area contributed by atoms with Crippen molar-refractivity contribution in [2.24, 2.45) is 0 Å². The van der Waals surface area contributed by atoms with Gasteiger partial charge < -0.3 is 24.8 Å². The molecule has 1 saturated heterocycles. The van der Waals surface area contributed by atoms with Crippen molar-refractivity contribution in [2.75, 3.05) is 44.2 Å². The van der Waals surface area contributed by atoms with Crippen molar-refractivity contribution >= 4 is 29.1 Å². The Kier molecular flexibility index (Phi) is 6.02. The van der Waals surface area contributed by atoms with Crippen molar-refractivity contribution in [3.05, 3.63) is 16.9 Å². The van der Waals surface area contributed by atoms with E-state index in [2.05, 4.69) is 25.7 Å². The van der Waals surface area contributed by atoms with Gasteiger partial charge in [0.2, 0.25) is 5.95 Å². The Morgan fingerprint density at radius 2 is 2.24 bits per heavy atom. The summed E-state index contributed by atoms with van der Waals surface area (Å²) < 4.78 is 32.6. The predicted molar refractivity (Wildman–Crippen MR) is 106 cm³/mol. The molecule has 29 heavy (non-hydrogen) atoms.